The van der Waals surface area contributed by atoms with E-state index in [-0.39, 0.29) is 16.4 Å². The summed E-state index contributed by atoms with van der Waals surface area (Å²) in [7, 11) is -3.79. The molecule has 1 aliphatic rings. The normalized spacial score (nSPS) is 14.0. The number of hydrogen-bond donors (Lipinski definition) is 2. The molecule has 0 bridgehead atoms. The molecule has 0 saturated carbocycles. The lowest BCUT2D eigenvalue weighted by Crippen LogP contribution is -2.23. The number of hydrogen-bond acceptors (Lipinski definition) is 4. The second kappa shape index (κ2) is 8.26. The summed E-state index contributed by atoms with van der Waals surface area (Å²) in [5.41, 5.74) is 1.86. The molecule has 0 spiro atoms. The average molecular weight is 385 g/mol. The van der Waals surface area contributed by atoms with E-state index in [2.05, 4.69) is 21.5 Å². The van der Waals surface area contributed by atoms with Crippen LogP contribution in [-0.4, -0.2) is 34.0 Å². The zero-order valence-electron chi connectivity index (χ0n) is 15.0. The molecule has 1 fully saturated rings. The van der Waals surface area contributed by atoms with Gasteiger partial charge in [-0.2, -0.15) is 0 Å². The van der Waals surface area contributed by atoms with E-state index in [1.165, 1.54) is 25.0 Å². The molecule has 7 heteroatoms. The van der Waals surface area contributed by atoms with Gasteiger partial charge in [0.25, 0.3) is 15.9 Å². The van der Waals surface area contributed by atoms with Gasteiger partial charge in [-0.25, -0.2) is 8.42 Å². The smallest absolute Gasteiger partial charge is 0.261 e. The van der Waals surface area contributed by atoms with Gasteiger partial charge in [-0.3, -0.25) is 9.52 Å². The molecule has 1 heterocycles. The number of rotatable bonds is 7. The third-order valence-corrected chi connectivity index (χ3v) is 5.78. The van der Waals surface area contributed by atoms with E-state index in [1.807, 2.05) is 12.1 Å². The lowest BCUT2D eigenvalue weighted by molar-refractivity contribution is 0.0958. The molecule has 0 aliphatic carbocycles. The quantitative estimate of drug-likeness (QED) is 0.718. The molecular formula is C20H23N3O3S. The Hall–Kier alpha value is -2.80. The largest absolute Gasteiger partial charge is 0.372 e. The maximum Gasteiger partial charge on any atom is 0.261 e. The number of sulfonamides is 1. The van der Waals surface area contributed by atoms with Crippen molar-refractivity contribution in [3.8, 4) is 0 Å². The molecule has 6 nitrogen and oxygen atoms in total. The van der Waals surface area contributed by atoms with Crippen molar-refractivity contribution in [2.24, 2.45) is 0 Å². The van der Waals surface area contributed by atoms with Crippen LogP contribution in [0.15, 0.2) is 66.1 Å². The topological polar surface area (TPSA) is 78.5 Å². The first-order valence-electron chi connectivity index (χ1n) is 8.86. The lowest BCUT2D eigenvalue weighted by atomic mass is 10.2. The number of anilines is 2. The van der Waals surface area contributed by atoms with Crippen molar-refractivity contribution in [3.05, 3.63) is 66.7 Å². The van der Waals surface area contributed by atoms with Gasteiger partial charge in [0.15, 0.2) is 0 Å². The van der Waals surface area contributed by atoms with Gasteiger partial charge in [-0.05, 0) is 55.3 Å². The van der Waals surface area contributed by atoms with Crippen LogP contribution in [0, 0.1) is 0 Å². The first-order valence-corrected chi connectivity index (χ1v) is 10.3. The summed E-state index contributed by atoms with van der Waals surface area (Å²) < 4.78 is 27.9. The summed E-state index contributed by atoms with van der Waals surface area (Å²) in [5, 5.41) is 2.63. The van der Waals surface area contributed by atoms with Crippen molar-refractivity contribution in [3.63, 3.8) is 0 Å². The Bertz CT molecular complexity index is 918. The minimum absolute atomic E-state index is 0.0392. The van der Waals surface area contributed by atoms with Crippen LogP contribution in [-0.2, 0) is 10.0 Å². The summed E-state index contributed by atoms with van der Waals surface area (Å²) in [5.74, 6) is -0.345. The highest BCUT2D eigenvalue weighted by molar-refractivity contribution is 7.92. The molecule has 2 aromatic rings. The van der Waals surface area contributed by atoms with Gasteiger partial charge in [0.05, 0.1) is 4.90 Å². The molecule has 142 valence electrons. The third-order valence-electron chi connectivity index (χ3n) is 4.40. The van der Waals surface area contributed by atoms with Crippen LogP contribution in [0.5, 0.6) is 0 Å². The Morgan fingerprint density at radius 1 is 1.11 bits per heavy atom. The summed E-state index contributed by atoms with van der Waals surface area (Å²) >= 11 is 0. The molecule has 27 heavy (non-hydrogen) atoms. The van der Waals surface area contributed by atoms with Gasteiger partial charge in [0, 0.05) is 36.6 Å². The summed E-state index contributed by atoms with van der Waals surface area (Å²) in [6, 6.07) is 13.3. The Labute approximate surface area is 159 Å². The maximum absolute atomic E-state index is 12.7. The van der Waals surface area contributed by atoms with Gasteiger partial charge in [0.1, 0.15) is 0 Å². The second-order valence-electron chi connectivity index (χ2n) is 6.37. The highest BCUT2D eigenvalue weighted by Gasteiger charge is 2.17. The Balaban J connectivity index is 1.74. The number of carbonyl (C=O) groups excluding carboxylic acids is 1. The minimum Gasteiger partial charge on any atom is -0.372 e. The molecule has 3 rings (SSSR count). The molecule has 1 saturated heterocycles. The fourth-order valence-electron chi connectivity index (χ4n) is 3.00. The van der Waals surface area contributed by atoms with E-state index >= 15 is 0 Å². The first kappa shape index (κ1) is 19.0. The number of nitrogens with zero attached hydrogens (tertiary/aromatic N) is 1. The van der Waals surface area contributed by atoms with E-state index in [0.29, 0.717) is 12.2 Å². The van der Waals surface area contributed by atoms with E-state index in [4.69, 9.17) is 0 Å². The van der Waals surface area contributed by atoms with Gasteiger partial charge in [-0.15, -0.1) is 6.58 Å². The second-order valence-corrected chi connectivity index (χ2v) is 8.06. The van der Waals surface area contributed by atoms with Crippen LogP contribution < -0.4 is 14.9 Å². The molecule has 1 amide bonds. The van der Waals surface area contributed by atoms with Gasteiger partial charge in [0.2, 0.25) is 0 Å². The van der Waals surface area contributed by atoms with Crippen molar-refractivity contribution in [2.75, 3.05) is 29.3 Å². The third kappa shape index (κ3) is 4.68. The Morgan fingerprint density at radius 3 is 2.48 bits per heavy atom. The van der Waals surface area contributed by atoms with Crippen LogP contribution >= 0.6 is 0 Å². The van der Waals surface area contributed by atoms with Crippen LogP contribution in [0.1, 0.15) is 23.2 Å². The minimum atomic E-state index is -3.79. The Kier molecular flexibility index (Phi) is 5.81. The molecular weight excluding hydrogens is 362 g/mol. The monoisotopic (exact) mass is 385 g/mol. The molecule has 2 N–H and O–H groups in total. The predicted octanol–water partition coefficient (Wildman–Crippen LogP) is 3.00. The summed E-state index contributed by atoms with van der Waals surface area (Å²) in [4.78, 5) is 14.3. The van der Waals surface area contributed by atoms with Crippen LogP contribution in [0.25, 0.3) is 0 Å². The van der Waals surface area contributed by atoms with Gasteiger partial charge < -0.3 is 10.2 Å². The highest BCUT2D eigenvalue weighted by Crippen LogP contribution is 2.23. The number of nitrogens with one attached hydrogen (secondary N) is 2. The molecule has 0 aromatic heterocycles. The highest BCUT2D eigenvalue weighted by atomic mass is 32.2. The van der Waals surface area contributed by atoms with E-state index in [9.17, 15) is 13.2 Å². The standard InChI is InChI=1S/C20H23N3O3S/c1-2-12-21-20(24)16-6-5-7-19(15-16)27(25,26)22-17-8-10-18(11-9-17)23-13-3-4-14-23/h2,5-11,15,22H,1,3-4,12-14H2,(H,21,24). The zero-order chi connectivity index (χ0) is 19.3. The van der Waals surface area contributed by atoms with Crippen molar-refractivity contribution in [1.29, 1.82) is 0 Å². The van der Waals surface area contributed by atoms with Crippen LogP contribution in [0.4, 0.5) is 11.4 Å². The van der Waals surface area contributed by atoms with E-state index in [1.54, 1.807) is 30.3 Å². The summed E-state index contributed by atoms with van der Waals surface area (Å²) in [6.07, 6.45) is 3.93. The number of benzene rings is 2. The van der Waals surface area contributed by atoms with Crippen molar-refractivity contribution < 1.29 is 13.2 Å². The lowest BCUT2D eigenvalue weighted by Gasteiger charge is -2.18. The number of amides is 1. The Morgan fingerprint density at radius 2 is 1.81 bits per heavy atom. The van der Waals surface area contributed by atoms with Gasteiger partial charge >= 0.3 is 0 Å². The maximum atomic E-state index is 12.7. The van der Waals surface area contributed by atoms with Crippen molar-refractivity contribution >= 4 is 27.3 Å². The molecule has 1 aliphatic heterocycles. The molecule has 0 radical (unpaired) electrons. The van der Waals surface area contributed by atoms with E-state index < -0.39 is 10.0 Å². The first-order chi connectivity index (χ1) is 13.0. The predicted molar refractivity (Wildman–Crippen MR) is 108 cm³/mol. The van der Waals surface area contributed by atoms with Crippen molar-refractivity contribution in [2.45, 2.75) is 17.7 Å². The molecule has 0 atom stereocenters. The fourth-order valence-corrected chi connectivity index (χ4v) is 4.11. The molecule has 2 aromatic carbocycles. The fraction of sp³-hybridized carbons (Fsp3) is 0.250. The van der Waals surface area contributed by atoms with Crippen molar-refractivity contribution in [1.82, 2.24) is 5.32 Å². The SMILES string of the molecule is C=CCNC(=O)c1cccc(S(=O)(=O)Nc2ccc(N3CCCC3)cc2)c1. The van der Waals surface area contributed by atoms with Gasteiger partial charge in [-0.1, -0.05) is 12.1 Å². The number of carbonyl (C=O) groups is 1. The average Bonchev–Trinajstić information content (AvgIpc) is 3.21. The zero-order valence-corrected chi connectivity index (χ0v) is 15.8. The molecule has 0 unspecified atom stereocenters. The summed E-state index contributed by atoms with van der Waals surface area (Å²) in [6.45, 7) is 5.92. The van der Waals surface area contributed by atoms with Crippen LogP contribution in [0.2, 0.25) is 0 Å². The van der Waals surface area contributed by atoms with Crippen LogP contribution in [0.3, 0.4) is 0 Å². The van der Waals surface area contributed by atoms with E-state index in [0.717, 1.165) is 18.8 Å².